The van der Waals surface area contributed by atoms with Crippen molar-refractivity contribution in [1.82, 2.24) is 14.8 Å². The van der Waals surface area contributed by atoms with Crippen LogP contribution < -0.4 is 5.32 Å². The molecule has 0 aliphatic rings. The normalized spacial score (nSPS) is 10.7. The summed E-state index contributed by atoms with van der Waals surface area (Å²) in [6, 6.07) is 24.1. The Hall–Kier alpha value is -3.38. The van der Waals surface area contributed by atoms with Crippen molar-refractivity contribution in [2.45, 2.75) is 19.0 Å². The van der Waals surface area contributed by atoms with Gasteiger partial charge in [-0.05, 0) is 37.1 Å². The maximum atomic E-state index is 12.7. The van der Waals surface area contributed by atoms with Crippen LogP contribution in [0.1, 0.15) is 11.1 Å². The minimum absolute atomic E-state index is 0.0847. The van der Waals surface area contributed by atoms with Gasteiger partial charge in [-0.25, -0.2) is 0 Å². The summed E-state index contributed by atoms with van der Waals surface area (Å²) in [6.07, 6.45) is 1.68. The minimum Gasteiger partial charge on any atom is -0.325 e. The Morgan fingerprint density at radius 2 is 1.77 bits per heavy atom. The first-order valence-electron chi connectivity index (χ1n) is 9.66. The molecule has 0 saturated heterocycles. The zero-order valence-electron chi connectivity index (χ0n) is 16.9. The van der Waals surface area contributed by atoms with Crippen LogP contribution in [-0.4, -0.2) is 26.4 Å². The van der Waals surface area contributed by atoms with Crippen LogP contribution >= 0.6 is 11.8 Å². The first kappa shape index (κ1) is 19.9. The highest BCUT2D eigenvalue weighted by Gasteiger charge is 2.13. The third-order valence-corrected chi connectivity index (χ3v) is 5.69. The number of aryl methyl sites for hydroxylation is 2. The van der Waals surface area contributed by atoms with Gasteiger partial charge in [0.1, 0.15) is 6.33 Å². The molecule has 150 valence electrons. The molecule has 1 N–H and O–H groups in total. The molecule has 30 heavy (non-hydrogen) atoms. The van der Waals surface area contributed by atoms with Crippen molar-refractivity contribution in [2.24, 2.45) is 0 Å². The van der Waals surface area contributed by atoms with Crippen LogP contribution in [0.15, 0.2) is 84.3 Å². The maximum Gasteiger partial charge on any atom is 0.234 e. The highest BCUT2D eigenvalue weighted by atomic mass is 32.2. The average Bonchev–Trinajstić information content (AvgIpc) is 3.22. The highest BCUT2D eigenvalue weighted by molar-refractivity contribution is 7.99. The summed E-state index contributed by atoms with van der Waals surface area (Å²) < 4.78 is 1.92. The number of hydrogen-bond donors (Lipinski definition) is 1. The second-order valence-corrected chi connectivity index (χ2v) is 7.96. The summed E-state index contributed by atoms with van der Waals surface area (Å²) in [6.45, 7) is 4.13. The molecule has 1 aromatic heterocycles. The largest absolute Gasteiger partial charge is 0.325 e. The molecule has 0 atom stereocenters. The van der Waals surface area contributed by atoms with E-state index in [-0.39, 0.29) is 11.7 Å². The Morgan fingerprint density at radius 3 is 2.57 bits per heavy atom. The van der Waals surface area contributed by atoms with E-state index < -0.39 is 0 Å². The molecule has 0 saturated carbocycles. The number of para-hydroxylation sites is 1. The Bertz CT molecular complexity index is 1170. The molecule has 1 amide bonds. The van der Waals surface area contributed by atoms with E-state index in [2.05, 4.69) is 41.5 Å². The second kappa shape index (κ2) is 8.97. The van der Waals surface area contributed by atoms with Crippen LogP contribution in [0.25, 0.3) is 16.8 Å². The van der Waals surface area contributed by atoms with Crippen LogP contribution in [0.2, 0.25) is 0 Å². The van der Waals surface area contributed by atoms with Crippen molar-refractivity contribution in [3.8, 4) is 16.8 Å². The molecule has 3 aromatic carbocycles. The van der Waals surface area contributed by atoms with E-state index in [0.717, 1.165) is 28.1 Å². The molecule has 4 aromatic rings. The highest BCUT2D eigenvalue weighted by Crippen LogP contribution is 2.28. The van der Waals surface area contributed by atoms with Crippen molar-refractivity contribution in [3.63, 3.8) is 0 Å². The van der Waals surface area contributed by atoms with Gasteiger partial charge in [-0.15, -0.1) is 10.2 Å². The summed E-state index contributed by atoms with van der Waals surface area (Å²) >= 11 is 1.37. The topological polar surface area (TPSA) is 59.8 Å². The first-order valence-corrected chi connectivity index (χ1v) is 10.6. The van der Waals surface area contributed by atoms with Gasteiger partial charge in [-0.1, -0.05) is 78.0 Å². The lowest BCUT2D eigenvalue weighted by molar-refractivity contribution is -0.113. The zero-order valence-corrected chi connectivity index (χ0v) is 17.7. The average molecular weight is 415 g/mol. The van der Waals surface area contributed by atoms with Gasteiger partial charge in [0.25, 0.3) is 0 Å². The number of benzene rings is 3. The lowest BCUT2D eigenvalue weighted by Crippen LogP contribution is -2.15. The van der Waals surface area contributed by atoms with E-state index in [4.69, 9.17) is 0 Å². The monoisotopic (exact) mass is 414 g/mol. The molecule has 0 aliphatic heterocycles. The number of hydrogen-bond acceptors (Lipinski definition) is 4. The third-order valence-electron chi connectivity index (χ3n) is 4.75. The van der Waals surface area contributed by atoms with E-state index in [1.54, 1.807) is 6.33 Å². The lowest BCUT2D eigenvalue weighted by Gasteiger charge is -2.12. The van der Waals surface area contributed by atoms with Crippen LogP contribution in [-0.2, 0) is 4.79 Å². The van der Waals surface area contributed by atoms with Crippen molar-refractivity contribution in [2.75, 3.05) is 11.1 Å². The van der Waals surface area contributed by atoms with Gasteiger partial charge in [0.05, 0.1) is 11.4 Å². The first-order chi connectivity index (χ1) is 14.6. The zero-order chi connectivity index (χ0) is 20.9. The van der Waals surface area contributed by atoms with E-state index in [9.17, 15) is 4.79 Å². The van der Waals surface area contributed by atoms with Gasteiger partial charge in [-0.2, -0.15) is 0 Å². The molecule has 4 rings (SSSR count). The molecule has 0 unspecified atom stereocenters. The smallest absolute Gasteiger partial charge is 0.234 e. The van der Waals surface area contributed by atoms with E-state index in [0.29, 0.717) is 5.16 Å². The summed E-state index contributed by atoms with van der Waals surface area (Å²) in [4.78, 5) is 12.7. The summed E-state index contributed by atoms with van der Waals surface area (Å²) in [5.41, 5.74) is 6.21. The Labute approximate surface area is 180 Å². The molecular weight excluding hydrogens is 392 g/mol. The minimum atomic E-state index is -0.0847. The van der Waals surface area contributed by atoms with Crippen LogP contribution in [0.4, 0.5) is 5.69 Å². The van der Waals surface area contributed by atoms with Gasteiger partial charge >= 0.3 is 0 Å². The molecule has 5 nitrogen and oxygen atoms in total. The molecular formula is C24H22N4OS. The fourth-order valence-electron chi connectivity index (χ4n) is 3.34. The number of carbonyl (C=O) groups excluding carboxylic acids is 1. The Kier molecular flexibility index (Phi) is 5.95. The van der Waals surface area contributed by atoms with Crippen molar-refractivity contribution in [1.29, 1.82) is 0 Å². The molecule has 0 radical (unpaired) electrons. The lowest BCUT2D eigenvalue weighted by atomic mass is 10.0. The van der Waals surface area contributed by atoms with Crippen molar-refractivity contribution in [3.05, 3.63) is 90.3 Å². The molecule has 1 heterocycles. The number of nitrogens with one attached hydrogen (secondary N) is 1. The standard InChI is InChI=1S/C24H22N4OS/c1-17-12-13-22(18(2)14-17)28-16-25-27-24(28)30-15-23(29)26-21-11-7-6-10-20(21)19-8-4-3-5-9-19/h3-14,16H,15H2,1-2H3,(H,26,29). The fraction of sp³-hybridized carbons (Fsp3) is 0.125. The molecule has 0 bridgehead atoms. The SMILES string of the molecule is Cc1ccc(-n2cnnc2SCC(=O)Nc2ccccc2-c2ccccc2)c(C)c1. The fourth-order valence-corrected chi connectivity index (χ4v) is 4.06. The molecule has 6 heteroatoms. The number of nitrogens with zero attached hydrogens (tertiary/aromatic N) is 3. The van der Waals surface area contributed by atoms with Gasteiger partial charge < -0.3 is 5.32 Å². The number of thioether (sulfide) groups is 1. The van der Waals surface area contributed by atoms with Crippen LogP contribution in [0.5, 0.6) is 0 Å². The quantitative estimate of drug-likeness (QED) is 0.436. The summed E-state index contributed by atoms with van der Waals surface area (Å²) in [7, 11) is 0. The van der Waals surface area contributed by atoms with Gasteiger partial charge in [0, 0.05) is 11.3 Å². The van der Waals surface area contributed by atoms with E-state index >= 15 is 0 Å². The molecule has 0 aliphatic carbocycles. The van der Waals surface area contributed by atoms with E-state index in [1.807, 2.05) is 65.2 Å². The second-order valence-electron chi connectivity index (χ2n) is 7.02. The number of amides is 1. The molecule has 0 fully saturated rings. The predicted molar refractivity (Wildman–Crippen MR) is 122 cm³/mol. The van der Waals surface area contributed by atoms with Crippen LogP contribution in [0, 0.1) is 13.8 Å². The Balaban J connectivity index is 1.47. The Morgan fingerprint density at radius 1 is 1.00 bits per heavy atom. The van der Waals surface area contributed by atoms with Crippen LogP contribution in [0.3, 0.4) is 0 Å². The molecule has 0 spiro atoms. The van der Waals surface area contributed by atoms with Gasteiger partial charge in [0.2, 0.25) is 5.91 Å². The number of anilines is 1. The van der Waals surface area contributed by atoms with Crippen molar-refractivity contribution < 1.29 is 4.79 Å². The van der Waals surface area contributed by atoms with Gasteiger partial charge in [-0.3, -0.25) is 9.36 Å². The number of carbonyl (C=O) groups is 1. The predicted octanol–water partition coefficient (Wildman–Crippen LogP) is 5.28. The number of rotatable bonds is 6. The summed E-state index contributed by atoms with van der Waals surface area (Å²) in [5, 5.41) is 12.0. The maximum absolute atomic E-state index is 12.7. The third kappa shape index (κ3) is 4.44. The van der Waals surface area contributed by atoms with Gasteiger partial charge in [0.15, 0.2) is 5.16 Å². The van der Waals surface area contributed by atoms with E-state index in [1.165, 1.54) is 17.3 Å². The summed E-state index contributed by atoms with van der Waals surface area (Å²) in [5.74, 6) is 0.158. The number of aromatic nitrogens is 3. The van der Waals surface area contributed by atoms with Crippen molar-refractivity contribution >= 4 is 23.4 Å².